The van der Waals surface area contributed by atoms with Crippen molar-refractivity contribution in [2.45, 2.75) is 26.8 Å². The van der Waals surface area contributed by atoms with E-state index in [0.717, 1.165) is 42.1 Å². The number of hydrogen-bond donors (Lipinski definition) is 1. The molecule has 2 heterocycles. The van der Waals surface area contributed by atoms with Gasteiger partial charge in [0.2, 0.25) is 0 Å². The lowest BCUT2D eigenvalue weighted by Gasteiger charge is -2.08. The third-order valence-electron chi connectivity index (χ3n) is 3.49. The number of pyridine rings is 1. The molecule has 0 fully saturated rings. The molecule has 0 radical (unpaired) electrons. The van der Waals surface area contributed by atoms with Crippen LogP contribution < -0.4 is 5.32 Å². The summed E-state index contributed by atoms with van der Waals surface area (Å²) in [5.41, 5.74) is 4.10. The van der Waals surface area contributed by atoms with E-state index in [1.165, 1.54) is 5.56 Å². The zero-order valence-corrected chi connectivity index (χ0v) is 12.4. The minimum absolute atomic E-state index is 0.806. The van der Waals surface area contributed by atoms with E-state index >= 15 is 0 Å². The van der Waals surface area contributed by atoms with Gasteiger partial charge in [-0.1, -0.05) is 30.3 Å². The van der Waals surface area contributed by atoms with Crippen LogP contribution in [0.25, 0.3) is 16.9 Å². The van der Waals surface area contributed by atoms with Gasteiger partial charge in [-0.3, -0.25) is 0 Å². The van der Waals surface area contributed by atoms with Gasteiger partial charge >= 0.3 is 0 Å². The molecule has 0 bridgehead atoms. The van der Waals surface area contributed by atoms with E-state index in [-0.39, 0.29) is 0 Å². The molecule has 5 nitrogen and oxygen atoms in total. The Labute approximate surface area is 124 Å². The number of hydrogen-bond acceptors (Lipinski definition) is 4. The fraction of sp³-hybridized carbons (Fsp3) is 0.312. The molecule has 0 aliphatic rings. The Morgan fingerprint density at radius 3 is 2.81 bits per heavy atom. The van der Waals surface area contributed by atoms with Crippen LogP contribution in [0.1, 0.15) is 24.6 Å². The van der Waals surface area contributed by atoms with Crippen molar-refractivity contribution in [1.29, 1.82) is 0 Å². The van der Waals surface area contributed by atoms with Crippen molar-refractivity contribution in [3.05, 3.63) is 47.7 Å². The topological polar surface area (TPSA) is 55.6 Å². The summed E-state index contributed by atoms with van der Waals surface area (Å²) in [4.78, 5) is 4.66. The SMILES string of the molecule is CCCNCc1ccc(-n2nnc3ccccc32)nc1C. The molecule has 1 N–H and O–H groups in total. The van der Waals surface area contributed by atoms with Gasteiger partial charge in [0.15, 0.2) is 5.82 Å². The first-order chi connectivity index (χ1) is 10.3. The normalized spacial score (nSPS) is 11.1. The molecular weight excluding hydrogens is 262 g/mol. The van der Waals surface area contributed by atoms with Gasteiger partial charge in [0.25, 0.3) is 0 Å². The molecule has 0 unspecified atom stereocenters. The van der Waals surface area contributed by atoms with Gasteiger partial charge < -0.3 is 5.32 Å². The zero-order chi connectivity index (χ0) is 14.7. The maximum atomic E-state index is 4.66. The number of fused-ring (bicyclic) bond motifs is 1. The van der Waals surface area contributed by atoms with E-state index in [0.29, 0.717) is 0 Å². The van der Waals surface area contributed by atoms with Gasteiger partial charge in [-0.15, -0.1) is 5.10 Å². The van der Waals surface area contributed by atoms with Crippen molar-refractivity contribution < 1.29 is 0 Å². The molecule has 0 aliphatic heterocycles. The van der Waals surface area contributed by atoms with Crippen LogP contribution in [-0.4, -0.2) is 26.5 Å². The third kappa shape index (κ3) is 2.78. The number of benzene rings is 1. The van der Waals surface area contributed by atoms with Crippen LogP contribution in [0.15, 0.2) is 36.4 Å². The fourth-order valence-electron chi connectivity index (χ4n) is 2.32. The van der Waals surface area contributed by atoms with E-state index < -0.39 is 0 Å². The summed E-state index contributed by atoms with van der Waals surface area (Å²) in [5, 5.41) is 11.8. The number of aryl methyl sites for hydroxylation is 1. The maximum Gasteiger partial charge on any atom is 0.156 e. The second kappa shape index (κ2) is 6.01. The molecule has 2 aromatic heterocycles. The van der Waals surface area contributed by atoms with Gasteiger partial charge in [-0.05, 0) is 43.7 Å². The van der Waals surface area contributed by atoms with Crippen LogP contribution in [0.2, 0.25) is 0 Å². The Morgan fingerprint density at radius 1 is 1.14 bits per heavy atom. The van der Waals surface area contributed by atoms with Crippen molar-refractivity contribution in [3.8, 4) is 5.82 Å². The monoisotopic (exact) mass is 281 g/mol. The van der Waals surface area contributed by atoms with E-state index in [2.05, 4.69) is 33.6 Å². The molecular formula is C16H19N5. The highest BCUT2D eigenvalue weighted by Gasteiger charge is 2.08. The fourth-order valence-corrected chi connectivity index (χ4v) is 2.32. The summed E-state index contributed by atoms with van der Waals surface area (Å²) in [7, 11) is 0. The second-order valence-corrected chi connectivity index (χ2v) is 5.08. The lowest BCUT2D eigenvalue weighted by Crippen LogP contribution is -2.15. The first-order valence-corrected chi connectivity index (χ1v) is 7.27. The molecule has 0 saturated carbocycles. The molecule has 0 saturated heterocycles. The van der Waals surface area contributed by atoms with Gasteiger partial charge in [0.1, 0.15) is 5.52 Å². The first-order valence-electron chi connectivity index (χ1n) is 7.27. The lowest BCUT2D eigenvalue weighted by atomic mass is 10.2. The highest BCUT2D eigenvalue weighted by molar-refractivity contribution is 5.75. The predicted octanol–water partition coefficient (Wildman–Crippen LogP) is 2.62. The highest BCUT2D eigenvalue weighted by atomic mass is 15.4. The van der Waals surface area contributed by atoms with Crippen LogP contribution in [0.4, 0.5) is 0 Å². The van der Waals surface area contributed by atoms with Crippen molar-refractivity contribution in [2.24, 2.45) is 0 Å². The van der Waals surface area contributed by atoms with Crippen LogP contribution in [0.5, 0.6) is 0 Å². The third-order valence-corrected chi connectivity index (χ3v) is 3.49. The van der Waals surface area contributed by atoms with E-state index in [4.69, 9.17) is 0 Å². The smallest absolute Gasteiger partial charge is 0.156 e. The molecule has 3 aromatic rings. The Balaban J connectivity index is 1.91. The van der Waals surface area contributed by atoms with Crippen LogP contribution >= 0.6 is 0 Å². The maximum absolute atomic E-state index is 4.66. The van der Waals surface area contributed by atoms with Gasteiger partial charge in [-0.25, -0.2) is 4.98 Å². The molecule has 0 spiro atoms. The summed E-state index contributed by atoms with van der Waals surface area (Å²) in [6.45, 7) is 6.07. The lowest BCUT2D eigenvalue weighted by molar-refractivity contribution is 0.669. The summed E-state index contributed by atoms with van der Waals surface area (Å²) < 4.78 is 1.78. The average molecular weight is 281 g/mol. The number of para-hydroxylation sites is 1. The molecule has 3 rings (SSSR count). The van der Waals surface area contributed by atoms with Crippen LogP contribution in [0, 0.1) is 6.92 Å². The summed E-state index contributed by atoms with van der Waals surface area (Å²) in [5.74, 6) is 0.806. The quantitative estimate of drug-likeness (QED) is 0.730. The van der Waals surface area contributed by atoms with Gasteiger partial charge in [0.05, 0.1) is 5.52 Å². The first kappa shape index (κ1) is 13.7. The van der Waals surface area contributed by atoms with Crippen LogP contribution in [0.3, 0.4) is 0 Å². The van der Waals surface area contributed by atoms with Crippen LogP contribution in [-0.2, 0) is 6.54 Å². The minimum atomic E-state index is 0.806. The molecule has 0 aliphatic carbocycles. The molecule has 0 atom stereocenters. The molecule has 1 aromatic carbocycles. The number of nitrogens with zero attached hydrogens (tertiary/aromatic N) is 4. The summed E-state index contributed by atoms with van der Waals surface area (Å²) >= 11 is 0. The molecule has 5 heteroatoms. The van der Waals surface area contributed by atoms with Crippen molar-refractivity contribution >= 4 is 11.0 Å². The number of aromatic nitrogens is 4. The Morgan fingerprint density at radius 2 is 2.00 bits per heavy atom. The number of nitrogens with one attached hydrogen (secondary N) is 1. The Hall–Kier alpha value is -2.27. The molecule has 21 heavy (non-hydrogen) atoms. The molecule has 108 valence electrons. The van der Waals surface area contributed by atoms with E-state index in [1.54, 1.807) is 4.68 Å². The predicted molar refractivity (Wildman–Crippen MR) is 83.4 cm³/mol. The van der Waals surface area contributed by atoms with Crippen molar-refractivity contribution in [2.75, 3.05) is 6.54 Å². The zero-order valence-electron chi connectivity index (χ0n) is 12.4. The van der Waals surface area contributed by atoms with E-state index in [1.807, 2.05) is 37.3 Å². The summed E-state index contributed by atoms with van der Waals surface area (Å²) in [6, 6.07) is 12.0. The second-order valence-electron chi connectivity index (χ2n) is 5.08. The summed E-state index contributed by atoms with van der Waals surface area (Å²) in [6.07, 6.45) is 1.13. The Bertz CT molecular complexity index is 747. The molecule has 0 amide bonds. The standard InChI is InChI=1S/C16H19N5/c1-3-10-17-11-13-8-9-16(18-12(13)2)21-15-7-5-4-6-14(15)19-20-21/h4-9,17H,3,10-11H2,1-2H3. The van der Waals surface area contributed by atoms with Crippen molar-refractivity contribution in [3.63, 3.8) is 0 Å². The minimum Gasteiger partial charge on any atom is -0.313 e. The average Bonchev–Trinajstić information content (AvgIpc) is 2.93. The van der Waals surface area contributed by atoms with E-state index in [9.17, 15) is 0 Å². The highest BCUT2D eigenvalue weighted by Crippen LogP contribution is 2.16. The number of rotatable bonds is 5. The van der Waals surface area contributed by atoms with Gasteiger partial charge in [0, 0.05) is 12.2 Å². The van der Waals surface area contributed by atoms with Crippen molar-refractivity contribution in [1.82, 2.24) is 25.3 Å². The largest absolute Gasteiger partial charge is 0.313 e. The van der Waals surface area contributed by atoms with Gasteiger partial charge in [-0.2, -0.15) is 4.68 Å². The Kier molecular flexibility index (Phi) is 3.92.